The summed E-state index contributed by atoms with van der Waals surface area (Å²) in [5, 5.41) is 15.3. The lowest BCUT2D eigenvalue weighted by Gasteiger charge is -2.24. The van der Waals surface area contributed by atoms with Crippen molar-refractivity contribution in [2.75, 3.05) is 10.6 Å². The van der Waals surface area contributed by atoms with Gasteiger partial charge in [-0.3, -0.25) is 14.4 Å². The number of rotatable bonds is 5. The van der Waals surface area contributed by atoms with Gasteiger partial charge in [0.15, 0.2) is 0 Å². The highest BCUT2D eigenvalue weighted by Gasteiger charge is 2.34. The van der Waals surface area contributed by atoms with E-state index < -0.39 is 29.6 Å². The highest BCUT2D eigenvalue weighted by Crippen LogP contribution is 2.28. The van der Waals surface area contributed by atoms with Crippen LogP contribution in [-0.2, 0) is 9.59 Å². The molecular weight excluding hydrogens is 380 g/mol. The molecule has 28 heavy (non-hydrogen) atoms. The summed E-state index contributed by atoms with van der Waals surface area (Å²) < 4.78 is 0. The SMILES string of the molecule is O=C(Nc1cccc(Cl)c1)c1ccccc1NC(=O)[C@@H]1CC=CC[C@@H]1C(=O)O. The average molecular weight is 399 g/mol. The fourth-order valence-electron chi connectivity index (χ4n) is 3.16. The van der Waals surface area contributed by atoms with Crippen LogP contribution >= 0.6 is 11.6 Å². The molecule has 144 valence electrons. The van der Waals surface area contributed by atoms with E-state index >= 15 is 0 Å². The van der Waals surface area contributed by atoms with Gasteiger partial charge >= 0.3 is 5.97 Å². The van der Waals surface area contributed by atoms with E-state index in [1.807, 2.05) is 0 Å². The van der Waals surface area contributed by atoms with Gasteiger partial charge in [-0.1, -0.05) is 42.0 Å². The van der Waals surface area contributed by atoms with E-state index in [1.165, 1.54) is 0 Å². The number of hydrogen-bond donors (Lipinski definition) is 3. The molecule has 2 amide bonds. The second-order valence-electron chi connectivity index (χ2n) is 6.49. The van der Waals surface area contributed by atoms with Crippen LogP contribution in [-0.4, -0.2) is 22.9 Å². The van der Waals surface area contributed by atoms with Gasteiger partial charge in [-0.25, -0.2) is 0 Å². The number of carboxylic acid groups (broad SMARTS) is 1. The predicted molar refractivity (Wildman–Crippen MR) is 107 cm³/mol. The van der Waals surface area contributed by atoms with Crippen LogP contribution in [0.4, 0.5) is 11.4 Å². The molecule has 3 N–H and O–H groups in total. The lowest BCUT2D eigenvalue weighted by molar-refractivity contribution is -0.146. The number of carbonyl (C=O) groups is 3. The van der Waals surface area contributed by atoms with Gasteiger partial charge < -0.3 is 15.7 Å². The zero-order valence-corrected chi connectivity index (χ0v) is 15.6. The van der Waals surface area contributed by atoms with Crippen molar-refractivity contribution in [1.29, 1.82) is 0 Å². The number of carbonyl (C=O) groups excluding carboxylic acids is 2. The number of anilines is 2. The summed E-state index contributed by atoms with van der Waals surface area (Å²) in [5.74, 6) is -3.29. The fourth-order valence-corrected chi connectivity index (χ4v) is 3.35. The lowest BCUT2D eigenvalue weighted by atomic mass is 9.82. The Morgan fingerprint density at radius 3 is 2.36 bits per heavy atom. The predicted octanol–water partition coefficient (Wildman–Crippen LogP) is 4.20. The molecule has 2 aromatic carbocycles. The molecule has 6 nitrogen and oxygen atoms in total. The first kappa shape index (κ1) is 19.6. The van der Waals surface area contributed by atoms with Gasteiger partial charge in [0.2, 0.25) is 5.91 Å². The van der Waals surface area contributed by atoms with E-state index in [0.717, 1.165) is 0 Å². The van der Waals surface area contributed by atoms with Crippen molar-refractivity contribution in [2.24, 2.45) is 11.8 Å². The summed E-state index contributed by atoms with van der Waals surface area (Å²) in [5.41, 5.74) is 1.13. The summed E-state index contributed by atoms with van der Waals surface area (Å²) in [4.78, 5) is 36.8. The minimum absolute atomic E-state index is 0.272. The zero-order valence-electron chi connectivity index (χ0n) is 14.9. The minimum atomic E-state index is -1.00. The van der Waals surface area contributed by atoms with Crippen LogP contribution in [0.25, 0.3) is 0 Å². The summed E-state index contributed by atoms with van der Waals surface area (Å²) >= 11 is 5.94. The average Bonchev–Trinajstić information content (AvgIpc) is 2.68. The Balaban J connectivity index is 1.78. The van der Waals surface area contributed by atoms with Crippen LogP contribution in [0.1, 0.15) is 23.2 Å². The van der Waals surface area contributed by atoms with Crippen molar-refractivity contribution in [2.45, 2.75) is 12.8 Å². The first-order valence-corrected chi connectivity index (χ1v) is 9.18. The maximum atomic E-state index is 12.7. The highest BCUT2D eigenvalue weighted by molar-refractivity contribution is 6.31. The normalized spacial score (nSPS) is 18.3. The number of nitrogens with one attached hydrogen (secondary N) is 2. The maximum absolute atomic E-state index is 12.7. The third-order valence-electron chi connectivity index (χ3n) is 4.60. The first-order chi connectivity index (χ1) is 13.5. The Morgan fingerprint density at radius 2 is 1.64 bits per heavy atom. The number of aliphatic carboxylic acids is 1. The van der Waals surface area contributed by atoms with E-state index in [1.54, 1.807) is 60.7 Å². The third-order valence-corrected chi connectivity index (χ3v) is 4.83. The molecule has 0 saturated carbocycles. The summed E-state index contributed by atoms with van der Waals surface area (Å²) in [6.45, 7) is 0. The van der Waals surface area contributed by atoms with Crippen LogP contribution in [0.15, 0.2) is 60.7 Å². The van der Waals surface area contributed by atoms with Gasteiger partial charge in [0, 0.05) is 10.7 Å². The van der Waals surface area contributed by atoms with Crippen molar-refractivity contribution in [3.63, 3.8) is 0 Å². The Hall–Kier alpha value is -3.12. The second-order valence-corrected chi connectivity index (χ2v) is 6.93. The molecule has 0 aliphatic heterocycles. The summed E-state index contributed by atoms with van der Waals surface area (Å²) in [7, 11) is 0. The van der Waals surface area contributed by atoms with Gasteiger partial charge in [0.1, 0.15) is 0 Å². The minimum Gasteiger partial charge on any atom is -0.481 e. The molecule has 2 atom stereocenters. The molecule has 0 bridgehead atoms. The third kappa shape index (κ3) is 4.58. The van der Waals surface area contributed by atoms with Crippen LogP contribution in [0.2, 0.25) is 5.02 Å². The monoisotopic (exact) mass is 398 g/mol. The molecule has 0 aromatic heterocycles. The molecule has 0 radical (unpaired) electrons. The molecule has 3 rings (SSSR count). The number of para-hydroxylation sites is 1. The highest BCUT2D eigenvalue weighted by atomic mass is 35.5. The Kier molecular flexibility index (Phi) is 6.11. The van der Waals surface area contributed by atoms with Crippen molar-refractivity contribution in [1.82, 2.24) is 0 Å². The van der Waals surface area contributed by atoms with Crippen molar-refractivity contribution >= 4 is 40.8 Å². The molecule has 0 heterocycles. The van der Waals surface area contributed by atoms with E-state index in [9.17, 15) is 19.5 Å². The van der Waals surface area contributed by atoms with E-state index in [0.29, 0.717) is 29.2 Å². The number of carboxylic acids is 1. The molecule has 7 heteroatoms. The van der Waals surface area contributed by atoms with E-state index in [4.69, 9.17) is 11.6 Å². The first-order valence-electron chi connectivity index (χ1n) is 8.80. The van der Waals surface area contributed by atoms with Crippen molar-refractivity contribution < 1.29 is 19.5 Å². The number of allylic oxidation sites excluding steroid dienone is 2. The molecule has 1 aliphatic rings. The van der Waals surface area contributed by atoms with Crippen LogP contribution in [0, 0.1) is 11.8 Å². The van der Waals surface area contributed by atoms with Gasteiger partial charge in [-0.15, -0.1) is 0 Å². The number of benzene rings is 2. The largest absolute Gasteiger partial charge is 0.481 e. The fraction of sp³-hybridized carbons (Fsp3) is 0.190. The molecule has 0 unspecified atom stereocenters. The quantitative estimate of drug-likeness (QED) is 0.658. The molecule has 0 saturated heterocycles. The van der Waals surface area contributed by atoms with E-state index in [-0.39, 0.29) is 5.56 Å². The Bertz CT molecular complexity index is 942. The maximum Gasteiger partial charge on any atom is 0.307 e. The van der Waals surface area contributed by atoms with Crippen LogP contribution in [0.3, 0.4) is 0 Å². The molecule has 0 spiro atoms. The molecule has 1 aliphatic carbocycles. The molecule has 2 aromatic rings. The van der Waals surface area contributed by atoms with Crippen LogP contribution < -0.4 is 10.6 Å². The number of hydrogen-bond acceptors (Lipinski definition) is 3. The standard InChI is InChI=1S/C21H19ClN2O4/c22-13-6-5-7-14(12-13)23-20(26)17-10-3-4-11-18(17)24-19(25)15-8-1-2-9-16(15)21(27)28/h1-7,10-12,15-16H,8-9H2,(H,23,26)(H,24,25)(H,27,28)/t15-,16+/m1/s1. The van der Waals surface area contributed by atoms with Gasteiger partial charge in [-0.2, -0.15) is 0 Å². The van der Waals surface area contributed by atoms with Crippen molar-refractivity contribution in [3.05, 3.63) is 71.3 Å². The molecular formula is C21H19ClN2O4. The van der Waals surface area contributed by atoms with Gasteiger partial charge in [0.05, 0.1) is 23.1 Å². The summed E-state index contributed by atoms with van der Waals surface area (Å²) in [6, 6.07) is 13.3. The van der Waals surface area contributed by atoms with Gasteiger partial charge in [-0.05, 0) is 43.2 Å². The summed E-state index contributed by atoms with van der Waals surface area (Å²) in [6.07, 6.45) is 4.24. The Morgan fingerprint density at radius 1 is 0.929 bits per heavy atom. The van der Waals surface area contributed by atoms with Crippen molar-refractivity contribution in [3.8, 4) is 0 Å². The van der Waals surface area contributed by atoms with Gasteiger partial charge in [0.25, 0.3) is 5.91 Å². The van der Waals surface area contributed by atoms with Crippen LogP contribution in [0.5, 0.6) is 0 Å². The topological polar surface area (TPSA) is 95.5 Å². The lowest BCUT2D eigenvalue weighted by Crippen LogP contribution is -2.35. The smallest absolute Gasteiger partial charge is 0.307 e. The Labute approximate surface area is 167 Å². The van der Waals surface area contributed by atoms with E-state index in [2.05, 4.69) is 10.6 Å². The number of halogens is 1. The molecule has 0 fully saturated rings. The zero-order chi connectivity index (χ0) is 20.1. The second kappa shape index (κ2) is 8.71. The number of amides is 2.